The molecule has 2 aromatic rings. The first-order valence-electron chi connectivity index (χ1n) is 9.02. The van der Waals surface area contributed by atoms with Crippen molar-refractivity contribution in [2.24, 2.45) is 0 Å². The molecule has 2 aliphatic heterocycles. The van der Waals surface area contributed by atoms with Crippen molar-refractivity contribution < 1.29 is 0 Å². The van der Waals surface area contributed by atoms with Gasteiger partial charge in [-0.25, -0.2) is 4.68 Å². The van der Waals surface area contributed by atoms with Crippen LogP contribution in [0, 0.1) is 6.92 Å². The molecule has 0 amide bonds. The fourth-order valence-electron chi connectivity index (χ4n) is 4.13. The van der Waals surface area contributed by atoms with Gasteiger partial charge in [-0.2, -0.15) is 5.10 Å². The van der Waals surface area contributed by atoms with Gasteiger partial charge in [-0.05, 0) is 63.0 Å². The number of aryl methyl sites for hydroxylation is 1. The fraction of sp³-hybridized carbons (Fsp3) is 0.526. The summed E-state index contributed by atoms with van der Waals surface area (Å²) < 4.78 is 2.11. The number of hydrogen-bond acceptors (Lipinski definition) is 3. The highest BCUT2D eigenvalue weighted by Gasteiger charge is 2.30. The van der Waals surface area contributed by atoms with Gasteiger partial charge in [0.05, 0.1) is 11.4 Å². The monoisotopic (exact) mass is 344 g/mol. The number of likely N-dealkylation sites (N-methyl/N-ethyl adjacent to an activating group) is 1. The molecule has 1 unspecified atom stereocenters. The van der Waals surface area contributed by atoms with Crippen LogP contribution in [0.1, 0.15) is 42.5 Å². The SMILES string of the molecule is CCN1CCCC(c2nn(-c3ccc(Cl)cc3C)c3c2CCN3)C1. The zero-order valence-electron chi connectivity index (χ0n) is 14.5. The van der Waals surface area contributed by atoms with E-state index in [4.69, 9.17) is 16.7 Å². The Bertz CT molecular complexity index is 752. The fourth-order valence-corrected chi connectivity index (χ4v) is 4.35. The highest BCUT2D eigenvalue weighted by molar-refractivity contribution is 6.30. The molecule has 0 radical (unpaired) electrons. The number of benzene rings is 1. The topological polar surface area (TPSA) is 33.1 Å². The van der Waals surface area contributed by atoms with Crippen molar-refractivity contribution in [3.05, 3.63) is 40.0 Å². The van der Waals surface area contributed by atoms with E-state index >= 15 is 0 Å². The molecule has 1 N–H and O–H groups in total. The minimum atomic E-state index is 0.557. The van der Waals surface area contributed by atoms with E-state index in [1.54, 1.807) is 0 Å². The van der Waals surface area contributed by atoms with E-state index in [1.807, 2.05) is 12.1 Å². The summed E-state index contributed by atoms with van der Waals surface area (Å²) in [5, 5.41) is 9.39. The van der Waals surface area contributed by atoms with Gasteiger partial charge >= 0.3 is 0 Å². The molecule has 128 valence electrons. The third-order valence-electron chi connectivity index (χ3n) is 5.41. The highest BCUT2D eigenvalue weighted by atomic mass is 35.5. The van der Waals surface area contributed by atoms with Gasteiger partial charge in [0.15, 0.2) is 0 Å². The van der Waals surface area contributed by atoms with Crippen LogP contribution < -0.4 is 5.32 Å². The van der Waals surface area contributed by atoms with E-state index in [9.17, 15) is 0 Å². The molecule has 0 spiro atoms. The van der Waals surface area contributed by atoms with Crippen LogP contribution in [0.4, 0.5) is 5.82 Å². The van der Waals surface area contributed by atoms with Gasteiger partial charge in [-0.3, -0.25) is 0 Å². The van der Waals surface area contributed by atoms with Crippen molar-refractivity contribution >= 4 is 17.4 Å². The minimum Gasteiger partial charge on any atom is -0.369 e. The summed E-state index contributed by atoms with van der Waals surface area (Å²) in [5.74, 6) is 1.74. The first-order valence-corrected chi connectivity index (χ1v) is 9.39. The molecule has 2 aliphatic rings. The molecular formula is C19H25ClN4. The normalized spacial score (nSPS) is 20.9. The third kappa shape index (κ3) is 2.72. The molecule has 0 aliphatic carbocycles. The van der Waals surface area contributed by atoms with Gasteiger partial charge in [0, 0.05) is 29.6 Å². The number of nitrogens with zero attached hydrogens (tertiary/aromatic N) is 3. The number of halogens is 1. The summed E-state index contributed by atoms with van der Waals surface area (Å²) in [4.78, 5) is 2.55. The van der Waals surface area contributed by atoms with Gasteiger partial charge in [0.2, 0.25) is 0 Å². The predicted molar refractivity (Wildman–Crippen MR) is 99.6 cm³/mol. The summed E-state index contributed by atoms with van der Waals surface area (Å²) >= 11 is 6.13. The number of aromatic nitrogens is 2. The molecule has 3 heterocycles. The Kier molecular flexibility index (Phi) is 4.27. The van der Waals surface area contributed by atoms with Gasteiger partial charge in [0.25, 0.3) is 0 Å². The average Bonchev–Trinajstić information content (AvgIpc) is 3.18. The third-order valence-corrected chi connectivity index (χ3v) is 5.64. The van der Waals surface area contributed by atoms with E-state index in [-0.39, 0.29) is 0 Å². The Labute approximate surface area is 148 Å². The van der Waals surface area contributed by atoms with Crippen molar-refractivity contribution in [3.8, 4) is 5.69 Å². The highest BCUT2D eigenvalue weighted by Crippen LogP contribution is 2.36. The summed E-state index contributed by atoms with van der Waals surface area (Å²) in [6.07, 6.45) is 3.60. The van der Waals surface area contributed by atoms with E-state index in [0.29, 0.717) is 5.92 Å². The van der Waals surface area contributed by atoms with Gasteiger partial charge in [-0.1, -0.05) is 18.5 Å². The average molecular weight is 345 g/mol. The van der Waals surface area contributed by atoms with Crippen molar-refractivity contribution in [2.45, 2.75) is 39.0 Å². The maximum atomic E-state index is 6.13. The number of anilines is 1. The maximum Gasteiger partial charge on any atom is 0.133 e. The van der Waals surface area contributed by atoms with E-state index in [1.165, 1.54) is 36.5 Å². The van der Waals surface area contributed by atoms with Gasteiger partial charge < -0.3 is 10.2 Å². The number of hydrogen-bond donors (Lipinski definition) is 1. The molecule has 1 atom stereocenters. The quantitative estimate of drug-likeness (QED) is 0.913. The van der Waals surface area contributed by atoms with Crippen molar-refractivity contribution in [3.63, 3.8) is 0 Å². The van der Waals surface area contributed by atoms with Crippen molar-refractivity contribution in [2.75, 3.05) is 31.5 Å². The first-order chi connectivity index (χ1) is 11.7. The van der Waals surface area contributed by atoms with Crippen LogP contribution in [0.15, 0.2) is 18.2 Å². The molecule has 4 rings (SSSR count). The van der Waals surface area contributed by atoms with Crippen LogP contribution in [0.3, 0.4) is 0 Å². The standard InChI is InChI=1S/C19H25ClN4/c1-3-23-10-4-5-14(12-23)18-16-8-9-21-19(16)24(22-18)17-7-6-15(20)11-13(17)2/h6-7,11,14,21H,3-5,8-10,12H2,1-2H3. The van der Waals surface area contributed by atoms with Crippen LogP contribution in [0.25, 0.3) is 5.69 Å². The Balaban J connectivity index is 1.75. The Morgan fingerprint density at radius 1 is 1.38 bits per heavy atom. The molecule has 1 fully saturated rings. The predicted octanol–water partition coefficient (Wildman–Crippen LogP) is 4.00. The molecule has 0 bridgehead atoms. The zero-order valence-corrected chi connectivity index (χ0v) is 15.2. The Hall–Kier alpha value is -1.52. The van der Waals surface area contributed by atoms with E-state index in [0.717, 1.165) is 42.3 Å². The largest absolute Gasteiger partial charge is 0.369 e. The smallest absolute Gasteiger partial charge is 0.133 e. The number of rotatable bonds is 3. The lowest BCUT2D eigenvalue weighted by atomic mass is 9.92. The summed E-state index contributed by atoms with van der Waals surface area (Å²) in [6, 6.07) is 6.04. The lowest BCUT2D eigenvalue weighted by molar-refractivity contribution is 0.215. The number of piperidine rings is 1. The molecule has 5 heteroatoms. The Morgan fingerprint density at radius 2 is 2.25 bits per heavy atom. The van der Waals surface area contributed by atoms with E-state index in [2.05, 4.69) is 34.8 Å². The zero-order chi connectivity index (χ0) is 16.7. The van der Waals surface area contributed by atoms with E-state index < -0.39 is 0 Å². The first kappa shape index (κ1) is 16.0. The van der Waals surface area contributed by atoms with Crippen LogP contribution in [-0.2, 0) is 6.42 Å². The van der Waals surface area contributed by atoms with Crippen LogP contribution >= 0.6 is 11.6 Å². The second-order valence-electron chi connectivity index (χ2n) is 6.96. The molecule has 0 saturated carbocycles. The van der Waals surface area contributed by atoms with Gasteiger partial charge in [0.1, 0.15) is 5.82 Å². The maximum absolute atomic E-state index is 6.13. The van der Waals surface area contributed by atoms with Crippen molar-refractivity contribution in [1.29, 1.82) is 0 Å². The summed E-state index contributed by atoms with van der Waals surface area (Å²) in [7, 11) is 0. The number of likely N-dealkylation sites (tertiary alicyclic amines) is 1. The Morgan fingerprint density at radius 3 is 3.04 bits per heavy atom. The number of nitrogens with one attached hydrogen (secondary N) is 1. The lowest BCUT2D eigenvalue weighted by Crippen LogP contribution is -2.34. The second kappa shape index (κ2) is 6.41. The second-order valence-corrected chi connectivity index (χ2v) is 7.40. The van der Waals surface area contributed by atoms with Crippen LogP contribution in [0.2, 0.25) is 5.02 Å². The molecular weight excluding hydrogens is 320 g/mol. The molecule has 1 saturated heterocycles. The molecule has 1 aromatic carbocycles. The molecule has 24 heavy (non-hydrogen) atoms. The van der Waals surface area contributed by atoms with Crippen LogP contribution in [0.5, 0.6) is 0 Å². The molecule has 1 aromatic heterocycles. The minimum absolute atomic E-state index is 0.557. The lowest BCUT2D eigenvalue weighted by Gasteiger charge is -2.31. The van der Waals surface area contributed by atoms with Gasteiger partial charge in [-0.15, -0.1) is 0 Å². The summed E-state index contributed by atoms with van der Waals surface area (Å²) in [5.41, 5.74) is 5.01. The van der Waals surface area contributed by atoms with Crippen LogP contribution in [-0.4, -0.2) is 40.9 Å². The summed E-state index contributed by atoms with van der Waals surface area (Å²) in [6.45, 7) is 8.86. The van der Waals surface area contributed by atoms with Crippen molar-refractivity contribution in [1.82, 2.24) is 14.7 Å². The molecule has 4 nitrogen and oxygen atoms in total. The number of fused-ring (bicyclic) bond motifs is 1.